The van der Waals surface area contributed by atoms with E-state index in [2.05, 4.69) is 29.4 Å². The van der Waals surface area contributed by atoms with E-state index in [1.54, 1.807) is 6.07 Å². The first-order valence-electron chi connectivity index (χ1n) is 8.08. The summed E-state index contributed by atoms with van der Waals surface area (Å²) in [5.41, 5.74) is 2.41. The van der Waals surface area contributed by atoms with Crippen molar-refractivity contribution in [3.05, 3.63) is 53.3 Å². The molecule has 0 saturated carbocycles. The molecule has 0 spiro atoms. The van der Waals surface area contributed by atoms with Crippen molar-refractivity contribution < 1.29 is 9.90 Å². The Morgan fingerprint density at radius 1 is 1.30 bits per heavy atom. The van der Waals surface area contributed by atoms with Crippen molar-refractivity contribution in [3.63, 3.8) is 0 Å². The third-order valence-corrected chi connectivity index (χ3v) is 3.74. The van der Waals surface area contributed by atoms with Gasteiger partial charge in [-0.25, -0.2) is 0 Å². The van der Waals surface area contributed by atoms with Crippen molar-refractivity contribution in [3.8, 4) is 0 Å². The van der Waals surface area contributed by atoms with Gasteiger partial charge < -0.3 is 10.4 Å². The number of aromatic amines is 1. The summed E-state index contributed by atoms with van der Waals surface area (Å²) < 4.78 is 0. The van der Waals surface area contributed by atoms with Crippen molar-refractivity contribution >= 4 is 5.91 Å². The molecule has 124 valence electrons. The van der Waals surface area contributed by atoms with Gasteiger partial charge in [0.05, 0.1) is 12.6 Å². The minimum Gasteiger partial charge on any atom is -0.394 e. The predicted molar refractivity (Wildman–Crippen MR) is 90.2 cm³/mol. The third-order valence-electron chi connectivity index (χ3n) is 3.74. The van der Waals surface area contributed by atoms with Gasteiger partial charge in [-0.05, 0) is 36.8 Å². The lowest BCUT2D eigenvalue weighted by atomic mass is 10.1. The number of amides is 1. The Labute approximate surface area is 137 Å². The van der Waals surface area contributed by atoms with E-state index in [-0.39, 0.29) is 18.6 Å². The van der Waals surface area contributed by atoms with E-state index < -0.39 is 0 Å². The molecule has 0 aliphatic carbocycles. The Kier molecular flexibility index (Phi) is 6.35. The number of aliphatic hydroxyl groups is 1. The molecule has 0 fully saturated rings. The smallest absolute Gasteiger partial charge is 0.272 e. The topological polar surface area (TPSA) is 78.0 Å². The summed E-state index contributed by atoms with van der Waals surface area (Å²) in [5.74, 6) is 0.354. The van der Waals surface area contributed by atoms with Crippen molar-refractivity contribution in [2.24, 2.45) is 5.92 Å². The van der Waals surface area contributed by atoms with E-state index in [1.807, 2.05) is 30.3 Å². The average Bonchev–Trinajstić information content (AvgIpc) is 3.02. The highest BCUT2D eigenvalue weighted by Gasteiger charge is 2.16. The molecule has 0 bridgehead atoms. The Morgan fingerprint density at radius 2 is 2.04 bits per heavy atom. The quantitative estimate of drug-likeness (QED) is 0.699. The lowest BCUT2D eigenvalue weighted by molar-refractivity contribution is 0.0911. The van der Waals surface area contributed by atoms with Gasteiger partial charge in [-0.1, -0.05) is 44.2 Å². The highest BCUT2D eigenvalue weighted by molar-refractivity contribution is 5.92. The highest BCUT2D eigenvalue weighted by Crippen LogP contribution is 2.09. The summed E-state index contributed by atoms with van der Waals surface area (Å²) >= 11 is 0. The summed E-state index contributed by atoms with van der Waals surface area (Å²) in [6.45, 7) is 4.23. The minimum atomic E-state index is -0.319. The molecule has 2 rings (SSSR count). The van der Waals surface area contributed by atoms with E-state index in [9.17, 15) is 9.90 Å². The minimum absolute atomic E-state index is 0.106. The standard InChI is InChI=1S/C18H25N3O2/c1-13(2)8-9-15-11-17(21-20-15)18(23)19-16(12-22)10-14-6-4-3-5-7-14/h3-7,11,13,16,22H,8-10,12H2,1-2H3,(H,19,23)(H,20,21)/t16-/m1/s1. The van der Waals surface area contributed by atoms with Gasteiger partial charge in [0.2, 0.25) is 0 Å². The molecule has 0 radical (unpaired) electrons. The van der Waals surface area contributed by atoms with Crippen molar-refractivity contribution in [1.82, 2.24) is 15.5 Å². The molecular weight excluding hydrogens is 290 g/mol. The maximum atomic E-state index is 12.3. The number of nitrogens with zero attached hydrogens (tertiary/aromatic N) is 1. The van der Waals surface area contributed by atoms with Gasteiger partial charge in [0.1, 0.15) is 5.69 Å². The Bertz CT molecular complexity index is 608. The van der Waals surface area contributed by atoms with Gasteiger partial charge in [-0.2, -0.15) is 5.10 Å². The molecule has 3 N–H and O–H groups in total. The SMILES string of the molecule is CC(C)CCc1cc(C(=O)N[C@@H](CO)Cc2ccccc2)n[nH]1. The van der Waals surface area contributed by atoms with Crippen LogP contribution in [-0.4, -0.2) is 33.9 Å². The summed E-state index contributed by atoms with van der Waals surface area (Å²) in [4.78, 5) is 12.3. The molecule has 1 aromatic heterocycles. The first-order valence-corrected chi connectivity index (χ1v) is 8.08. The molecule has 1 amide bonds. The zero-order valence-electron chi connectivity index (χ0n) is 13.7. The molecule has 2 aromatic rings. The summed E-state index contributed by atoms with van der Waals surface area (Å²) in [5, 5.41) is 19.3. The molecule has 0 unspecified atom stereocenters. The summed E-state index contributed by atoms with van der Waals surface area (Å²) in [7, 11) is 0. The molecule has 5 nitrogen and oxygen atoms in total. The van der Waals surface area contributed by atoms with Gasteiger partial charge >= 0.3 is 0 Å². The fraction of sp³-hybridized carbons (Fsp3) is 0.444. The predicted octanol–water partition coefficient (Wildman–Crippen LogP) is 2.33. The van der Waals surface area contributed by atoms with Crippen LogP contribution in [-0.2, 0) is 12.8 Å². The number of aromatic nitrogens is 2. The Hall–Kier alpha value is -2.14. The first kappa shape index (κ1) is 17.2. The van der Waals surface area contributed by atoms with Gasteiger partial charge in [-0.15, -0.1) is 0 Å². The van der Waals surface area contributed by atoms with Crippen LogP contribution in [0.25, 0.3) is 0 Å². The van der Waals surface area contributed by atoms with Crippen LogP contribution in [0.2, 0.25) is 0 Å². The van der Waals surface area contributed by atoms with Gasteiger partial charge in [0, 0.05) is 5.69 Å². The van der Waals surface area contributed by atoms with Crippen LogP contribution < -0.4 is 5.32 Å². The number of aryl methyl sites for hydroxylation is 1. The van der Waals surface area contributed by atoms with Crippen molar-refractivity contribution in [2.75, 3.05) is 6.61 Å². The summed E-state index contributed by atoms with van der Waals surface area (Å²) in [6, 6.07) is 11.3. The van der Waals surface area contributed by atoms with Crippen LogP contribution in [0.4, 0.5) is 0 Å². The second kappa shape index (κ2) is 8.48. The fourth-order valence-electron chi connectivity index (χ4n) is 2.37. The number of hydrogen-bond acceptors (Lipinski definition) is 3. The van der Waals surface area contributed by atoms with Gasteiger partial charge in [0.15, 0.2) is 0 Å². The maximum Gasteiger partial charge on any atom is 0.272 e. The first-order chi connectivity index (χ1) is 11.1. The van der Waals surface area contributed by atoms with Crippen LogP contribution in [0.3, 0.4) is 0 Å². The number of aliphatic hydroxyl groups excluding tert-OH is 1. The average molecular weight is 315 g/mol. The van der Waals surface area contributed by atoms with E-state index in [1.165, 1.54) is 0 Å². The second-order valence-corrected chi connectivity index (χ2v) is 6.25. The molecule has 23 heavy (non-hydrogen) atoms. The lowest BCUT2D eigenvalue weighted by Gasteiger charge is -2.15. The van der Waals surface area contributed by atoms with Crippen LogP contribution in [0.15, 0.2) is 36.4 Å². The van der Waals surface area contributed by atoms with Crippen LogP contribution in [0, 0.1) is 5.92 Å². The zero-order chi connectivity index (χ0) is 16.7. The van der Waals surface area contributed by atoms with E-state index in [0.717, 1.165) is 24.1 Å². The summed E-state index contributed by atoms with van der Waals surface area (Å²) in [6.07, 6.45) is 2.52. The van der Waals surface area contributed by atoms with Crippen molar-refractivity contribution in [2.45, 2.75) is 39.2 Å². The monoisotopic (exact) mass is 315 g/mol. The van der Waals surface area contributed by atoms with Crippen LogP contribution >= 0.6 is 0 Å². The zero-order valence-corrected chi connectivity index (χ0v) is 13.7. The Morgan fingerprint density at radius 3 is 2.70 bits per heavy atom. The van der Waals surface area contributed by atoms with Crippen LogP contribution in [0.1, 0.15) is 42.0 Å². The normalized spacial score (nSPS) is 12.3. The van der Waals surface area contributed by atoms with Crippen LogP contribution in [0.5, 0.6) is 0 Å². The van der Waals surface area contributed by atoms with Gasteiger partial charge in [0.25, 0.3) is 5.91 Å². The second-order valence-electron chi connectivity index (χ2n) is 6.25. The molecule has 1 aromatic carbocycles. The molecule has 0 aliphatic rings. The number of benzene rings is 1. The van der Waals surface area contributed by atoms with E-state index in [4.69, 9.17) is 0 Å². The largest absolute Gasteiger partial charge is 0.394 e. The Balaban J connectivity index is 1.91. The van der Waals surface area contributed by atoms with E-state index in [0.29, 0.717) is 18.0 Å². The molecule has 0 saturated heterocycles. The number of carbonyl (C=O) groups excluding carboxylic acids is 1. The van der Waals surface area contributed by atoms with Crippen molar-refractivity contribution in [1.29, 1.82) is 0 Å². The molecule has 5 heteroatoms. The lowest BCUT2D eigenvalue weighted by Crippen LogP contribution is -2.39. The number of carbonyl (C=O) groups is 1. The molecule has 1 atom stereocenters. The molecule has 1 heterocycles. The molecular formula is C18H25N3O2. The fourth-order valence-corrected chi connectivity index (χ4v) is 2.37. The molecule has 0 aliphatic heterocycles. The number of hydrogen-bond donors (Lipinski definition) is 3. The highest BCUT2D eigenvalue weighted by atomic mass is 16.3. The van der Waals surface area contributed by atoms with E-state index >= 15 is 0 Å². The number of rotatable bonds is 8. The van der Waals surface area contributed by atoms with Gasteiger partial charge in [-0.3, -0.25) is 9.89 Å². The maximum absolute atomic E-state index is 12.3. The number of H-pyrrole nitrogens is 1. The number of nitrogens with one attached hydrogen (secondary N) is 2. The third kappa shape index (κ3) is 5.53.